The number of benzene rings is 1. The highest BCUT2D eigenvalue weighted by Crippen LogP contribution is 2.53. The number of halogens is 6. The molecule has 0 amide bonds. The maximum Gasteiger partial charge on any atom is 0.417 e. The zero-order valence-electron chi connectivity index (χ0n) is 14.6. The number of aromatic nitrogens is 1. The molecule has 1 aliphatic carbocycles. The van der Waals surface area contributed by atoms with Gasteiger partial charge in [0.05, 0.1) is 11.1 Å². The predicted molar refractivity (Wildman–Crippen MR) is 86.5 cm³/mol. The van der Waals surface area contributed by atoms with E-state index in [2.05, 4.69) is 13.8 Å². The summed E-state index contributed by atoms with van der Waals surface area (Å²) >= 11 is 0. The quantitative estimate of drug-likeness (QED) is 0.536. The average molecular weight is 375 g/mol. The molecule has 0 aliphatic heterocycles. The van der Waals surface area contributed by atoms with Gasteiger partial charge < -0.3 is 4.57 Å². The molecule has 1 atom stereocenters. The van der Waals surface area contributed by atoms with Crippen molar-refractivity contribution in [1.29, 1.82) is 0 Å². The molecule has 0 N–H and O–H groups in total. The number of hydrogen-bond acceptors (Lipinski definition) is 0. The van der Waals surface area contributed by atoms with E-state index < -0.39 is 29.0 Å². The van der Waals surface area contributed by atoms with E-state index in [1.807, 2.05) is 0 Å². The molecule has 1 unspecified atom stereocenters. The second-order valence-electron chi connectivity index (χ2n) is 7.62. The van der Waals surface area contributed by atoms with E-state index in [0.29, 0.717) is 30.7 Å². The molecular weight excluding hydrogens is 356 g/mol. The van der Waals surface area contributed by atoms with Gasteiger partial charge in [0.25, 0.3) is 0 Å². The minimum atomic E-state index is -4.73. The summed E-state index contributed by atoms with van der Waals surface area (Å²) in [5.41, 5.74) is -1.57. The van der Waals surface area contributed by atoms with Crippen LogP contribution in [0.4, 0.5) is 26.3 Å². The zero-order chi connectivity index (χ0) is 19.5. The monoisotopic (exact) mass is 375 g/mol. The van der Waals surface area contributed by atoms with Gasteiger partial charge in [-0.05, 0) is 55.0 Å². The standard InChI is InChI=1S/C19H19F6N/c1-11-4-7-16(26(11)10-13-9-17(13,2)3)14-8-12(18(20,21)22)5-6-15(14)19(23,24)25/h4-8,13H,9-10H2,1-3H3. The van der Waals surface area contributed by atoms with Crippen LogP contribution >= 0.6 is 0 Å². The molecule has 0 saturated heterocycles. The van der Waals surface area contributed by atoms with Crippen LogP contribution < -0.4 is 0 Å². The maximum absolute atomic E-state index is 13.4. The largest absolute Gasteiger partial charge is 0.417 e. The van der Waals surface area contributed by atoms with Gasteiger partial charge >= 0.3 is 12.4 Å². The second-order valence-corrected chi connectivity index (χ2v) is 7.62. The number of alkyl halides is 6. The fourth-order valence-corrected chi connectivity index (χ4v) is 3.33. The Hall–Kier alpha value is -1.92. The summed E-state index contributed by atoms with van der Waals surface area (Å²) in [6.45, 7) is 6.39. The Morgan fingerprint density at radius 3 is 2.12 bits per heavy atom. The van der Waals surface area contributed by atoms with Crippen molar-refractivity contribution in [3.05, 3.63) is 47.2 Å². The molecule has 7 heteroatoms. The van der Waals surface area contributed by atoms with Gasteiger partial charge in [0.2, 0.25) is 0 Å². The normalized spacial score (nSPS) is 19.7. The van der Waals surface area contributed by atoms with Crippen molar-refractivity contribution in [1.82, 2.24) is 4.57 Å². The molecule has 1 saturated carbocycles. The number of nitrogens with zero attached hydrogens (tertiary/aromatic N) is 1. The molecule has 1 aromatic carbocycles. The lowest BCUT2D eigenvalue weighted by molar-refractivity contribution is -0.141. The van der Waals surface area contributed by atoms with Gasteiger partial charge in [-0.1, -0.05) is 13.8 Å². The van der Waals surface area contributed by atoms with E-state index in [1.54, 1.807) is 17.6 Å². The minimum absolute atomic E-state index is 0.106. The lowest BCUT2D eigenvalue weighted by Crippen LogP contribution is -2.13. The molecule has 1 aliphatic rings. The van der Waals surface area contributed by atoms with Gasteiger partial charge in [-0.15, -0.1) is 0 Å². The van der Waals surface area contributed by atoms with Crippen LogP contribution in [-0.2, 0) is 18.9 Å². The smallest absolute Gasteiger partial charge is 0.345 e. The van der Waals surface area contributed by atoms with Crippen molar-refractivity contribution in [2.45, 2.75) is 46.1 Å². The van der Waals surface area contributed by atoms with Crippen LogP contribution in [0.25, 0.3) is 11.3 Å². The molecule has 0 spiro atoms. The van der Waals surface area contributed by atoms with E-state index in [-0.39, 0.29) is 11.1 Å². The molecule has 1 nitrogen and oxygen atoms in total. The second kappa shape index (κ2) is 5.79. The van der Waals surface area contributed by atoms with Crippen molar-refractivity contribution in [2.24, 2.45) is 11.3 Å². The molecular formula is C19H19F6N. The van der Waals surface area contributed by atoms with Crippen LogP contribution in [0.1, 0.15) is 37.1 Å². The molecule has 0 radical (unpaired) electrons. The van der Waals surface area contributed by atoms with Gasteiger partial charge in [-0.2, -0.15) is 26.3 Å². The zero-order valence-corrected chi connectivity index (χ0v) is 14.6. The molecule has 1 aromatic heterocycles. The molecule has 1 heterocycles. The third kappa shape index (κ3) is 3.48. The Balaban J connectivity index is 2.13. The Kier molecular flexibility index (Phi) is 4.20. The van der Waals surface area contributed by atoms with Crippen molar-refractivity contribution < 1.29 is 26.3 Å². The van der Waals surface area contributed by atoms with E-state index >= 15 is 0 Å². The predicted octanol–water partition coefficient (Wildman–Crippen LogP) is 6.55. The van der Waals surface area contributed by atoms with Crippen LogP contribution in [0, 0.1) is 18.3 Å². The summed E-state index contributed by atoms with van der Waals surface area (Å²) < 4.78 is 81.1. The topological polar surface area (TPSA) is 4.93 Å². The van der Waals surface area contributed by atoms with Gasteiger partial charge in [-0.25, -0.2) is 0 Å². The van der Waals surface area contributed by atoms with Gasteiger partial charge in [0.15, 0.2) is 0 Å². The third-order valence-electron chi connectivity index (χ3n) is 5.25. The average Bonchev–Trinajstić information content (AvgIpc) is 2.92. The van der Waals surface area contributed by atoms with Crippen molar-refractivity contribution >= 4 is 0 Å². The summed E-state index contributed by atoms with van der Waals surface area (Å²) in [6, 6.07) is 4.72. The Bertz CT molecular complexity index is 826. The first-order valence-electron chi connectivity index (χ1n) is 8.25. The van der Waals surface area contributed by atoms with E-state index in [4.69, 9.17) is 0 Å². The fourth-order valence-electron chi connectivity index (χ4n) is 3.33. The molecule has 26 heavy (non-hydrogen) atoms. The summed E-state index contributed by atoms with van der Waals surface area (Å²) in [4.78, 5) is 0. The first kappa shape index (κ1) is 18.9. The van der Waals surface area contributed by atoms with Crippen molar-refractivity contribution in [3.63, 3.8) is 0 Å². The highest BCUT2D eigenvalue weighted by Gasteiger charge is 2.46. The van der Waals surface area contributed by atoms with Crippen LogP contribution in [0.3, 0.4) is 0 Å². The lowest BCUT2D eigenvalue weighted by atomic mass is 10.00. The van der Waals surface area contributed by atoms with Crippen LogP contribution in [-0.4, -0.2) is 4.57 Å². The number of hydrogen-bond donors (Lipinski definition) is 0. The fraction of sp³-hybridized carbons (Fsp3) is 0.474. The molecule has 2 aromatic rings. The van der Waals surface area contributed by atoms with E-state index in [9.17, 15) is 26.3 Å². The summed E-state index contributed by atoms with van der Waals surface area (Å²) in [5.74, 6) is 0.299. The van der Waals surface area contributed by atoms with Crippen molar-refractivity contribution in [2.75, 3.05) is 0 Å². The summed E-state index contributed by atoms with van der Waals surface area (Å²) in [6.07, 6.45) is -8.50. The number of rotatable bonds is 3. The third-order valence-corrected chi connectivity index (χ3v) is 5.25. The Labute approximate surface area is 147 Å². The van der Waals surface area contributed by atoms with Crippen LogP contribution in [0.15, 0.2) is 30.3 Å². The highest BCUT2D eigenvalue weighted by atomic mass is 19.4. The first-order valence-corrected chi connectivity index (χ1v) is 8.25. The lowest BCUT2D eigenvalue weighted by Gasteiger charge is -2.19. The van der Waals surface area contributed by atoms with Gasteiger partial charge in [0.1, 0.15) is 0 Å². The number of aryl methyl sites for hydroxylation is 1. The first-order chi connectivity index (χ1) is 11.8. The molecule has 142 valence electrons. The molecule has 1 fully saturated rings. The molecule has 3 rings (SSSR count). The summed E-state index contributed by atoms with van der Waals surface area (Å²) in [7, 11) is 0. The SMILES string of the molecule is Cc1ccc(-c2cc(C(F)(F)F)ccc2C(F)(F)F)n1CC1CC1(C)C. The van der Waals surface area contributed by atoms with E-state index in [1.165, 1.54) is 6.07 Å². The van der Waals surface area contributed by atoms with E-state index in [0.717, 1.165) is 12.1 Å². The van der Waals surface area contributed by atoms with Gasteiger partial charge in [0, 0.05) is 23.5 Å². The van der Waals surface area contributed by atoms with Crippen LogP contribution in [0.5, 0.6) is 0 Å². The minimum Gasteiger partial charge on any atom is -0.345 e. The van der Waals surface area contributed by atoms with Gasteiger partial charge in [-0.3, -0.25) is 0 Å². The maximum atomic E-state index is 13.4. The Morgan fingerprint density at radius 1 is 1.00 bits per heavy atom. The van der Waals surface area contributed by atoms with Crippen molar-refractivity contribution in [3.8, 4) is 11.3 Å². The molecule has 0 bridgehead atoms. The summed E-state index contributed by atoms with van der Waals surface area (Å²) in [5, 5.41) is 0. The highest BCUT2D eigenvalue weighted by molar-refractivity contribution is 5.67. The van der Waals surface area contributed by atoms with Crippen LogP contribution in [0.2, 0.25) is 0 Å². The Morgan fingerprint density at radius 2 is 1.62 bits per heavy atom.